The standard InChI is InChI=1S/C13H19NO3/c1-3-14(4-2)13(16)10-17-12-7-5-6-11(8-12)9-15/h5-8,15H,3-4,9-10H2,1-2H3. The molecule has 0 atom stereocenters. The maximum atomic E-state index is 11.7. The maximum Gasteiger partial charge on any atom is 0.260 e. The molecule has 0 aliphatic rings. The van der Waals surface area contributed by atoms with Gasteiger partial charge in [0.2, 0.25) is 0 Å². The molecule has 0 radical (unpaired) electrons. The third-order valence-corrected chi connectivity index (χ3v) is 2.56. The van der Waals surface area contributed by atoms with Crippen LogP contribution in [0.15, 0.2) is 24.3 Å². The molecule has 0 bridgehead atoms. The monoisotopic (exact) mass is 237 g/mol. The molecule has 0 aromatic heterocycles. The van der Waals surface area contributed by atoms with Crippen molar-refractivity contribution in [3.63, 3.8) is 0 Å². The predicted molar refractivity (Wildman–Crippen MR) is 65.8 cm³/mol. The van der Waals surface area contributed by atoms with Crippen molar-refractivity contribution in [1.82, 2.24) is 4.90 Å². The lowest BCUT2D eigenvalue weighted by molar-refractivity contribution is -0.132. The Bertz CT molecular complexity index is 361. The van der Waals surface area contributed by atoms with Crippen LogP contribution in [0.4, 0.5) is 0 Å². The number of amides is 1. The van der Waals surface area contributed by atoms with Gasteiger partial charge in [-0.2, -0.15) is 0 Å². The predicted octanol–water partition coefficient (Wildman–Crippen LogP) is 1.43. The lowest BCUT2D eigenvalue weighted by atomic mass is 10.2. The molecule has 0 saturated heterocycles. The summed E-state index contributed by atoms with van der Waals surface area (Å²) in [4.78, 5) is 13.4. The van der Waals surface area contributed by atoms with E-state index in [4.69, 9.17) is 9.84 Å². The summed E-state index contributed by atoms with van der Waals surface area (Å²) < 4.78 is 5.39. The van der Waals surface area contributed by atoms with Gasteiger partial charge in [-0.15, -0.1) is 0 Å². The van der Waals surface area contributed by atoms with E-state index >= 15 is 0 Å². The minimum Gasteiger partial charge on any atom is -0.484 e. The van der Waals surface area contributed by atoms with E-state index < -0.39 is 0 Å². The highest BCUT2D eigenvalue weighted by Gasteiger charge is 2.09. The summed E-state index contributed by atoms with van der Waals surface area (Å²) in [6, 6.07) is 7.10. The van der Waals surface area contributed by atoms with Gasteiger partial charge in [0.05, 0.1) is 6.61 Å². The van der Waals surface area contributed by atoms with Crippen molar-refractivity contribution in [2.45, 2.75) is 20.5 Å². The van der Waals surface area contributed by atoms with Gasteiger partial charge in [0.25, 0.3) is 5.91 Å². The van der Waals surface area contributed by atoms with Gasteiger partial charge in [-0.05, 0) is 31.5 Å². The van der Waals surface area contributed by atoms with Crippen LogP contribution in [0, 0.1) is 0 Å². The van der Waals surface area contributed by atoms with Crippen LogP contribution < -0.4 is 4.74 Å². The molecule has 0 fully saturated rings. The number of benzene rings is 1. The van der Waals surface area contributed by atoms with E-state index in [9.17, 15) is 4.79 Å². The zero-order valence-corrected chi connectivity index (χ0v) is 10.3. The Hall–Kier alpha value is -1.55. The van der Waals surface area contributed by atoms with Gasteiger partial charge in [-0.3, -0.25) is 4.79 Å². The van der Waals surface area contributed by atoms with Crippen molar-refractivity contribution < 1.29 is 14.6 Å². The van der Waals surface area contributed by atoms with Crippen molar-refractivity contribution in [2.24, 2.45) is 0 Å². The summed E-state index contributed by atoms with van der Waals surface area (Å²) in [5, 5.41) is 8.97. The largest absolute Gasteiger partial charge is 0.484 e. The molecule has 1 aromatic carbocycles. The van der Waals surface area contributed by atoms with Crippen LogP contribution in [0.3, 0.4) is 0 Å². The highest BCUT2D eigenvalue weighted by Crippen LogP contribution is 2.13. The first-order chi connectivity index (χ1) is 8.21. The quantitative estimate of drug-likeness (QED) is 0.814. The Morgan fingerprint density at radius 2 is 2.06 bits per heavy atom. The molecule has 0 heterocycles. The van der Waals surface area contributed by atoms with Gasteiger partial charge in [0.1, 0.15) is 5.75 Å². The number of likely N-dealkylation sites (N-methyl/N-ethyl adjacent to an activating group) is 1. The molecule has 0 aliphatic carbocycles. The van der Waals surface area contributed by atoms with E-state index in [1.807, 2.05) is 13.8 Å². The number of nitrogens with zero attached hydrogens (tertiary/aromatic N) is 1. The number of hydrogen-bond acceptors (Lipinski definition) is 3. The Balaban J connectivity index is 2.52. The molecule has 1 amide bonds. The fraction of sp³-hybridized carbons (Fsp3) is 0.462. The topological polar surface area (TPSA) is 49.8 Å². The number of ether oxygens (including phenoxy) is 1. The van der Waals surface area contributed by atoms with E-state index in [0.717, 1.165) is 5.56 Å². The molecular weight excluding hydrogens is 218 g/mol. The molecule has 0 aliphatic heterocycles. The van der Waals surface area contributed by atoms with Crippen LogP contribution in [0.25, 0.3) is 0 Å². The first-order valence-corrected chi connectivity index (χ1v) is 5.81. The lowest BCUT2D eigenvalue weighted by Crippen LogP contribution is -2.34. The van der Waals surface area contributed by atoms with Crippen LogP contribution in [0.2, 0.25) is 0 Å². The normalized spacial score (nSPS) is 10.1. The van der Waals surface area contributed by atoms with Gasteiger partial charge in [-0.1, -0.05) is 12.1 Å². The molecule has 17 heavy (non-hydrogen) atoms. The fourth-order valence-corrected chi connectivity index (χ4v) is 1.55. The molecule has 0 unspecified atom stereocenters. The third-order valence-electron chi connectivity index (χ3n) is 2.56. The number of hydrogen-bond donors (Lipinski definition) is 1. The summed E-state index contributed by atoms with van der Waals surface area (Å²) in [5.41, 5.74) is 0.776. The smallest absolute Gasteiger partial charge is 0.260 e. The minimum absolute atomic E-state index is 0.0237. The van der Waals surface area contributed by atoms with Gasteiger partial charge < -0.3 is 14.7 Å². The van der Waals surface area contributed by atoms with Gasteiger partial charge >= 0.3 is 0 Å². The van der Waals surface area contributed by atoms with Crippen molar-refractivity contribution in [3.8, 4) is 5.75 Å². The zero-order chi connectivity index (χ0) is 12.7. The van der Waals surface area contributed by atoms with Crippen molar-refractivity contribution in [1.29, 1.82) is 0 Å². The Morgan fingerprint density at radius 1 is 1.35 bits per heavy atom. The molecule has 1 aromatic rings. The van der Waals surface area contributed by atoms with Crippen LogP contribution in [0.1, 0.15) is 19.4 Å². The average Bonchev–Trinajstić information content (AvgIpc) is 2.38. The Morgan fingerprint density at radius 3 is 2.65 bits per heavy atom. The van der Waals surface area contributed by atoms with Crippen LogP contribution in [-0.2, 0) is 11.4 Å². The van der Waals surface area contributed by atoms with Crippen LogP contribution in [0.5, 0.6) is 5.75 Å². The first-order valence-electron chi connectivity index (χ1n) is 5.81. The second-order valence-corrected chi connectivity index (χ2v) is 3.66. The van der Waals surface area contributed by atoms with Crippen molar-refractivity contribution in [2.75, 3.05) is 19.7 Å². The van der Waals surface area contributed by atoms with Crippen molar-refractivity contribution >= 4 is 5.91 Å². The van der Waals surface area contributed by atoms with Crippen molar-refractivity contribution in [3.05, 3.63) is 29.8 Å². The summed E-state index contributed by atoms with van der Waals surface area (Å²) in [7, 11) is 0. The molecule has 94 valence electrons. The van der Waals surface area contributed by atoms with E-state index in [2.05, 4.69) is 0 Å². The molecular formula is C13H19NO3. The number of aliphatic hydroxyl groups excluding tert-OH is 1. The highest BCUT2D eigenvalue weighted by molar-refractivity contribution is 5.77. The van der Waals surface area contributed by atoms with Crippen LogP contribution >= 0.6 is 0 Å². The Kier molecular flexibility index (Phi) is 5.49. The lowest BCUT2D eigenvalue weighted by Gasteiger charge is -2.18. The van der Waals surface area contributed by atoms with Gasteiger partial charge in [-0.25, -0.2) is 0 Å². The van der Waals surface area contributed by atoms with E-state index in [1.165, 1.54) is 0 Å². The molecule has 0 saturated carbocycles. The Labute approximate surface area is 102 Å². The summed E-state index contributed by atoms with van der Waals surface area (Å²) in [6.07, 6.45) is 0. The number of aliphatic hydroxyl groups is 1. The number of carbonyl (C=O) groups is 1. The van der Waals surface area contributed by atoms with E-state index in [1.54, 1.807) is 29.2 Å². The molecule has 0 spiro atoms. The first kappa shape index (κ1) is 13.5. The average molecular weight is 237 g/mol. The third kappa shape index (κ3) is 4.07. The SMILES string of the molecule is CCN(CC)C(=O)COc1cccc(CO)c1. The maximum absolute atomic E-state index is 11.7. The second-order valence-electron chi connectivity index (χ2n) is 3.66. The van der Waals surface area contributed by atoms with Gasteiger partial charge in [0, 0.05) is 13.1 Å². The van der Waals surface area contributed by atoms with Crippen LogP contribution in [-0.4, -0.2) is 35.6 Å². The summed E-state index contributed by atoms with van der Waals surface area (Å²) in [6.45, 7) is 5.27. The number of carbonyl (C=O) groups excluding carboxylic acids is 1. The molecule has 4 heteroatoms. The summed E-state index contributed by atoms with van der Waals surface area (Å²) >= 11 is 0. The molecule has 1 rings (SSSR count). The summed E-state index contributed by atoms with van der Waals surface area (Å²) in [5.74, 6) is 0.585. The number of rotatable bonds is 6. The van der Waals surface area contributed by atoms with Gasteiger partial charge in [0.15, 0.2) is 6.61 Å². The highest BCUT2D eigenvalue weighted by atomic mass is 16.5. The zero-order valence-electron chi connectivity index (χ0n) is 10.3. The molecule has 4 nitrogen and oxygen atoms in total. The van der Waals surface area contributed by atoms with E-state index in [0.29, 0.717) is 18.8 Å². The second kappa shape index (κ2) is 6.91. The minimum atomic E-state index is -0.0266. The fourth-order valence-electron chi connectivity index (χ4n) is 1.55. The van der Waals surface area contributed by atoms with E-state index in [-0.39, 0.29) is 19.1 Å². The molecule has 1 N–H and O–H groups in total.